The Balaban J connectivity index is 0.000000231. The van der Waals surface area contributed by atoms with Crippen LogP contribution in [0.25, 0.3) is 22.5 Å². The van der Waals surface area contributed by atoms with Gasteiger partial charge in [-0.15, -0.1) is 11.3 Å². The molecule has 0 spiro atoms. The topological polar surface area (TPSA) is 382 Å². The van der Waals surface area contributed by atoms with Crippen molar-refractivity contribution in [3.8, 4) is 0 Å². The average Bonchev–Trinajstić information content (AvgIpc) is 3.82. The SMILES string of the molecule is C=C1c2sccc2C=CN1[C@H]1C[C@@H](O)[C@@H](COP(=O)(O)OP(=O)(O)OP(=O)(O)O)O1.Cc1cc2ccccc2cc1[C@H]1C[C@@H](O)[C@@H](COP(=O)(O)OP(=O)(O)OP(=O)(O)O)O1. The van der Waals surface area contributed by atoms with Crippen molar-refractivity contribution in [2.75, 3.05) is 13.2 Å². The highest BCUT2D eigenvalue weighted by Gasteiger charge is 2.45. The van der Waals surface area contributed by atoms with Crippen LogP contribution in [0.3, 0.4) is 0 Å². The Bertz CT molecular complexity index is 2420. The van der Waals surface area contributed by atoms with Crippen molar-refractivity contribution in [1.29, 1.82) is 0 Å². The first-order valence-corrected chi connectivity index (χ1v) is 26.9. The molecule has 0 amide bonds. The van der Waals surface area contributed by atoms with Gasteiger partial charge in [-0.2, -0.15) is 17.2 Å². The number of fused-ring (bicyclic) bond motifs is 2. The summed E-state index contributed by atoms with van der Waals surface area (Å²) in [4.78, 5) is 74.0. The molecule has 340 valence electrons. The van der Waals surface area contributed by atoms with Gasteiger partial charge in [-0.1, -0.05) is 36.9 Å². The van der Waals surface area contributed by atoms with E-state index in [-0.39, 0.29) is 12.8 Å². The van der Waals surface area contributed by atoms with Crippen molar-refractivity contribution in [3.63, 3.8) is 0 Å². The molecule has 0 saturated carbocycles. The molecular weight excluding hydrogens is 964 g/mol. The van der Waals surface area contributed by atoms with Gasteiger partial charge in [0.2, 0.25) is 0 Å². The molecule has 2 saturated heterocycles. The number of benzene rings is 2. The molecule has 61 heavy (non-hydrogen) atoms. The Morgan fingerprint density at radius 3 is 1.77 bits per heavy atom. The molecule has 3 aliphatic rings. The molecule has 10 atom stereocenters. The van der Waals surface area contributed by atoms with Gasteiger partial charge in [-0.05, 0) is 58.0 Å². The highest BCUT2D eigenvalue weighted by Crippen LogP contribution is 2.67. The normalized spacial score (nSPS) is 27.1. The number of ether oxygens (including phenoxy) is 2. The number of thiophene rings is 1. The molecule has 10 N–H and O–H groups in total. The fourth-order valence-corrected chi connectivity index (χ4v) is 13.0. The minimum atomic E-state index is -5.61. The summed E-state index contributed by atoms with van der Waals surface area (Å²) in [6, 6.07) is 13.5. The van der Waals surface area contributed by atoms with Crippen LogP contribution in [-0.2, 0) is 63.2 Å². The van der Waals surface area contributed by atoms with Crippen molar-refractivity contribution in [1.82, 2.24) is 4.90 Å². The molecule has 3 aliphatic heterocycles. The molecule has 6 rings (SSSR count). The van der Waals surface area contributed by atoms with Crippen LogP contribution in [0, 0.1) is 6.92 Å². The van der Waals surface area contributed by atoms with Gasteiger partial charge in [-0.3, -0.25) is 9.05 Å². The van der Waals surface area contributed by atoms with Crippen molar-refractivity contribution in [2.45, 2.75) is 56.5 Å². The molecule has 0 bridgehead atoms. The van der Waals surface area contributed by atoms with Gasteiger partial charge < -0.3 is 63.7 Å². The maximum Gasteiger partial charge on any atom is 0.490 e. The monoisotopic (exact) mass is 1000 g/mol. The number of rotatable bonds is 16. The summed E-state index contributed by atoms with van der Waals surface area (Å²) >= 11 is 1.48. The highest BCUT2D eigenvalue weighted by molar-refractivity contribution is 7.67. The third-order valence-electron chi connectivity index (χ3n) is 8.54. The summed E-state index contributed by atoms with van der Waals surface area (Å²) in [7, 11) is -32.8. The standard InChI is InChI=1S/C16H21O12P3.C13H18NO12P3S/c1-10-6-11-4-2-3-5-12(11)7-13(10)15-8-14(17)16(26-15)9-25-30(21,22)28-31(23,24)27-29(18,19)20;1-8-13-9(3-5-30-13)2-4-14(8)12-6-10(15)11(24-12)7-23-28(19,20)26-29(21,22)25-27(16,17)18/h2-7,14-17H,8-9H2,1H3,(H,21,22)(H,23,24)(H2,18,19,20);2-5,10-12,15H,1,6-7H2,(H,19,20)(H,21,22)(H2,16,17,18)/t14-,15-,16-;10-,11-,12-/m11/s1. The van der Waals surface area contributed by atoms with Crippen molar-refractivity contribution in [3.05, 3.63) is 82.2 Å². The molecule has 2 aromatic carbocycles. The van der Waals surface area contributed by atoms with Crippen LogP contribution in [0.2, 0.25) is 0 Å². The molecule has 1 aromatic heterocycles. The lowest BCUT2D eigenvalue weighted by Gasteiger charge is -2.31. The lowest BCUT2D eigenvalue weighted by Crippen LogP contribution is -2.31. The van der Waals surface area contributed by atoms with E-state index < -0.39 is 96.9 Å². The molecular formula is C29H39NO24P6S. The van der Waals surface area contributed by atoms with E-state index in [0.717, 1.165) is 32.3 Å². The maximum absolute atomic E-state index is 11.8. The number of aryl methyl sites for hydroxylation is 1. The van der Waals surface area contributed by atoms with E-state index in [1.807, 2.05) is 60.8 Å². The zero-order valence-corrected chi connectivity index (χ0v) is 37.2. The molecule has 32 heteroatoms. The van der Waals surface area contributed by atoms with Crippen molar-refractivity contribution in [2.24, 2.45) is 0 Å². The first-order chi connectivity index (χ1) is 28.0. The third-order valence-corrected chi connectivity index (χ3v) is 17.1. The fraction of sp³-hybridized carbons (Fsp3) is 0.379. The quantitative estimate of drug-likeness (QED) is 0.0882. The number of aliphatic hydroxyl groups is 2. The van der Waals surface area contributed by atoms with Gasteiger partial charge in [-0.25, -0.2) is 27.4 Å². The largest absolute Gasteiger partial charge is 0.490 e. The number of nitrogens with zero attached hydrogens (tertiary/aromatic N) is 1. The third kappa shape index (κ3) is 14.7. The predicted molar refractivity (Wildman–Crippen MR) is 210 cm³/mol. The van der Waals surface area contributed by atoms with E-state index in [9.17, 15) is 47.4 Å². The first kappa shape index (κ1) is 50.3. The van der Waals surface area contributed by atoms with E-state index in [1.54, 1.807) is 11.1 Å². The van der Waals surface area contributed by atoms with Crippen LogP contribution >= 0.6 is 58.3 Å². The fourth-order valence-electron chi connectivity index (χ4n) is 6.10. The minimum Gasteiger partial charge on any atom is -0.390 e. The van der Waals surface area contributed by atoms with Crippen LogP contribution < -0.4 is 0 Å². The van der Waals surface area contributed by atoms with E-state index in [4.69, 9.17) is 38.8 Å². The van der Waals surface area contributed by atoms with E-state index >= 15 is 0 Å². The minimum absolute atomic E-state index is 0.106. The lowest BCUT2D eigenvalue weighted by atomic mass is 9.96. The van der Waals surface area contributed by atoms with Gasteiger partial charge >= 0.3 is 46.9 Å². The second kappa shape index (κ2) is 19.4. The summed E-state index contributed by atoms with van der Waals surface area (Å²) in [5.74, 6) is 0. The molecule has 25 nitrogen and oxygen atoms in total. The second-order valence-electron chi connectivity index (χ2n) is 13.1. The predicted octanol–water partition coefficient (Wildman–Crippen LogP) is 4.51. The van der Waals surface area contributed by atoms with Gasteiger partial charge in [0, 0.05) is 19.0 Å². The van der Waals surface area contributed by atoms with Gasteiger partial charge in [0.25, 0.3) is 0 Å². The van der Waals surface area contributed by atoms with Crippen LogP contribution in [0.1, 0.15) is 40.5 Å². The van der Waals surface area contributed by atoms with Gasteiger partial charge in [0.1, 0.15) is 18.4 Å². The molecule has 4 unspecified atom stereocenters. The maximum atomic E-state index is 11.8. The summed E-state index contributed by atoms with van der Waals surface area (Å²) in [6.45, 7) is 4.47. The van der Waals surface area contributed by atoms with Crippen LogP contribution in [0.15, 0.2) is 60.6 Å². The van der Waals surface area contributed by atoms with Crippen LogP contribution in [-0.4, -0.2) is 98.1 Å². The van der Waals surface area contributed by atoms with Gasteiger partial charge in [0.15, 0.2) is 0 Å². The van der Waals surface area contributed by atoms with E-state index in [0.29, 0.717) is 5.70 Å². The number of aliphatic hydroxyl groups excluding tert-OH is 2. The Morgan fingerprint density at radius 1 is 0.721 bits per heavy atom. The Morgan fingerprint density at radius 2 is 1.23 bits per heavy atom. The summed E-state index contributed by atoms with van der Waals surface area (Å²) in [5.41, 5.74) is 3.38. The van der Waals surface area contributed by atoms with Crippen molar-refractivity contribution < 1.29 is 113 Å². The molecule has 4 heterocycles. The lowest BCUT2D eigenvalue weighted by molar-refractivity contribution is -0.0496. The molecule has 0 radical (unpaired) electrons. The van der Waals surface area contributed by atoms with E-state index in [1.165, 1.54) is 11.3 Å². The number of hydrogen-bond acceptors (Lipinski definition) is 18. The highest BCUT2D eigenvalue weighted by atomic mass is 32.1. The number of phosphoric acid groups is 6. The summed E-state index contributed by atoms with van der Waals surface area (Å²) in [5, 5.41) is 24.4. The van der Waals surface area contributed by atoms with Crippen LogP contribution in [0.4, 0.5) is 0 Å². The smallest absolute Gasteiger partial charge is 0.390 e. The van der Waals surface area contributed by atoms with Crippen molar-refractivity contribution >= 4 is 80.8 Å². The zero-order chi connectivity index (χ0) is 45.3. The Kier molecular flexibility index (Phi) is 16.0. The summed E-state index contributed by atoms with van der Waals surface area (Å²) < 4.78 is 103. The Hall–Kier alpha value is -1.66. The zero-order valence-electron chi connectivity index (χ0n) is 31.0. The second-order valence-corrected chi connectivity index (χ2v) is 22.9. The first-order valence-electron chi connectivity index (χ1n) is 17.0. The number of phosphoric ester groups is 2. The molecule has 0 aliphatic carbocycles. The average molecular weight is 1000 g/mol. The summed E-state index contributed by atoms with van der Waals surface area (Å²) in [6.07, 6.45) is -1.72. The van der Waals surface area contributed by atoms with Crippen LogP contribution in [0.5, 0.6) is 0 Å². The van der Waals surface area contributed by atoms with E-state index in [2.05, 4.69) is 32.9 Å². The number of hydrogen-bond donors (Lipinski definition) is 10. The molecule has 2 fully saturated rings. The Labute approximate surface area is 349 Å². The van der Waals surface area contributed by atoms with Gasteiger partial charge in [0.05, 0.1) is 42.1 Å². The molecule has 3 aromatic rings.